The molecule has 0 fully saturated rings. The van der Waals surface area contributed by atoms with Crippen LogP contribution in [0.3, 0.4) is 0 Å². The molecule has 0 heterocycles. The average Bonchev–Trinajstić information content (AvgIpc) is 2.34. The van der Waals surface area contributed by atoms with Gasteiger partial charge in [-0.15, -0.1) is 17.0 Å². The van der Waals surface area contributed by atoms with Crippen LogP contribution in [0, 0.1) is 0 Å². The second kappa shape index (κ2) is 3.22. The van der Waals surface area contributed by atoms with E-state index in [1.807, 2.05) is 0 Å². The Morgan fingerprint density at radius 1 is 1.18 bits per heavy atom. The van der Waals surface area contributed by atoms with Gasteiger partial charge in [0.15, 0.2) is 0 Å². The van der Waals surface area contributed by atoms with Crippen LogP contribution in [0.1, 0.15) is 24.0 Å². The zero-order valence-electron chi connectivity index (χ0n) is 6.45. The van der Waals surface area contributed by atoms with E-state index in [0.717, 1.165) is 0 Å². The molecule has 0 spiro atoms. The molecule has 0 aliphatic heterocycles. The maximum atomic E-state index is 2.24. The normalized spacial score (nSPS) is 19.2. The Bertz CT molecular complexity index is 276. The van der Waals surface area contributed by atoms with E-state index in [1.54, 1.807) is 0 Å². The maximum Gasteiger partial charge on any atom is -0.000118 e. The fourth-order valence-electron chi connectivity index (χ4n) is 1.43. The van der Waals surface area contributed by atoms with Crippen molar-refractivity contribution in [1.29, 1.82) is 0 Å². The van der Waals surface area contributed by atoms with E-state index in [9.17, 15) is 0 Å². The minimum Gasteiger partial charge on any atom is -0.114 e. The van der Waals surface area contributed by atoms with Crippen LogP contribution in [0.25, 0.3) is 6.08 Å². The van der Waals surface area contributed by atoms with Gasteiger partial charge in [0.1, 0.15) is 0 Å². The van der Waals surface area contributed by atoms with E-state index < -0.39 is 0 Å². The smallest absolute Gasteiger partial charge is 0.000118 e. The number of allylic oxidation sites excluding steroid dienone is 1. The van der Waals surface area contributed by atoms with Crippen LogP contribution in [0.5, 0.6) is 0 Å². The molecule has 58 valence electrons. The molecular weight excluding hydrogens is 200 g/mol. The zero-order valence-corrected chi connectivity index (χ0v) is 8.16. The maximum absolute atomic E-state index is 2.24. The molecule has 1 aromatic rings. The molecule has 1 heteroatoms. The molecule has 0 N–H and O–H groups in total. The number of benzene rings is 1. The third-order valence-electron chi connectivity index (χ3n) is 2.05. The topological polar surface area (TPSA) is 0 Å². The van der Waals surface area contributed by atoms with Crippen molar-refractivity contribution < 1.29 is 0 Å². The molecule has 1 aromatic carbocycles. The molecule has 0 nitrogen and oxygen atoms in total. The van der Waals surface area contributed by atoms with E-state index in [-0.39, 0.29) is 17.0 Å². The lowest BCUT2D eigenvalue weighted by atomic mass is 10.0. The van der Waals surface area contributed by atoms with Gasteiger partial charge in [0.25, 0.3) is 0 Å². The number of fused-ring (bicyclic) bond motifs is 1. The van der Waals surface area contributed by atoms with Crippen molar-refractivity contribution in [3.8, 4) is 0 Å². The van der Waals surface area contributed by atoms with Crippen molar-refractivity contribution in [2.75, 3.05) is 0 Å². The predicted octanol–water partition coefficient (Wildman–Crippen LogP) is 3.39. The van der Waals surface area contributed by atoms with Gasteiger partial charge in [-0.2, -0.15) is 0 Å². The van der Waals surface area contributed by atoms with Gasteiger partial charge in [-0.1, -0.05) is 43.3 Å². The van der Waals surface area contributed by atoms with Gasteiger partial charge in [-0.05, 0) is 17.0 Å². The zero-order chi connectivity index (χ0) is 6.97. The van der Waals surface area contributed by atoms with E-state index >= 15 is 0 Å². The molecule has 0 radical (unpaired) electrons. The minimum atomic E-state index is 0. The van der Waals surface area contributed by atoms with Crippen LogP contribution in [0.15, 0.2) is 30.3 Å². The van der Waals surface area contributed by atoms with Gasteiger partial charge in [0.2, 0.25) is 0 Å². The third-order valence-corrected chi connectivity index (χ3v) is 2.05. The number of halogens is 1. The Kier molecular flexibility index (Phi) is 2.50. The fraction of sp³-hybridized carbons (Fsp3) is 0.200. The Hall–Kier alpha value is -0.560. The highest BCUT2D eigenvalue weighted by molar-refractivity contribution is 8.93. The summed E-state index contributed by atoms with van der Waals surface area (Å²) in [7, 11) is 0. The Morgan fingerprint density at radius 2 is 1.91 bits per heavy atom. The molecule has 0 bridgehead atoms. The molecule has 1 aliphatic rings. The molecule has 0 aromatic heterocycles. The van der Waals surface area contributed by atoms with E-state index in [0.29, 0.717) is 5.92 Å². The summed E-state index contributed by atoms with van der Waals surface area (Å²) in [5.74, 6) is 0.621. The molecule has 1 aliphatic carbocycles. The van der Waals surface area contributed by atoms with Gasteiger partial charge in [0.05, 0.1) is 0 Å². The van der Waals surface area contributed by atoms with E-state index in [4.69, 9.17) is 0 Å². The average molecular weight is 211 g/mol. The van der Waals surface area contributed by atoms with Crippen molar-refractivity contribution in [3.05, 3.63) is 41.5 Å². The molecule has 11 heavy (non-hydrogen) atoms. The fourth-order valence-corrected chi connectivity index (χ4v) is 1.43. The highest BCUT2D eigenvalue weighted by atomic mass is 79.9. The standard InChI is InChI=1S/C10H10.BrH/c1-8-6-7-9-4-2-3-5-10(8)9;/h2-8H,1H3;1H. The van der Waals surface area contributed by atoms with Crippen LogP contribution in [0.4, 0.5) is 0 Å². The van der Waals surface area contributed by atoms with E-state index in [1.165, 1.54) is 11.1 Å². The first-order chi connectivity index (χ1) is 4.88. The Balaban J connectivity index is 0.000000605. The Morgan fingerprint density at radius 3 is 2.64 bits per heavy atom. The summed E-state index contributed by atoms with van der Waals surface area (Å²) in [6.07, 6.45) is 4.44. The van der Waals surface area contributed by atoms with Crippen molar-refractivity contribution >= 4 is 23.1 Å². The predicted molar refractivity (Wildman–Crippen MR) is 54.2 cm³/mol. The van der Waals surface area contributed by atoms with Crippen LogP contribution in [-0.4, -0.2) is 0 Å². The van der Waals surface area contributed by atoms with Crippen LogP contribution < -0.4 is 0 Å². The number of hydrogen-bond donors (Lipinski definition) is 0. The summed E-state index contributed by atoms with van der Waals surface area (Å²) in [6, 6.07) is 8.54. The van der Waals surface area contributed by atoms with Gasteiger partial charge >= 0.3 is 0 Å². The monoisotopic (exact) mass is 210 g/mol. The molecular formula is C10H11Br. The summed E-state index contributed by atoms with van der Waals surface area (Å²) < 4.78 is 0. The summed E-state index contributed by atoms with van der Waals surface area (Å²) in [4.78, 5) is 0. The SMILES string of the molecule is Br.CC1C=Cc2ccccc21. The molecule has 1 atom stereocenters. The first kappa shape index (κ1) is 8.54. The molecule has 0 saturated heterocycles. The lowest BCUT2D eigenvalue weighted by molar-refractivity contribution is 0.990. The lowest BCUT2D eigenvalue weighted by Gasteiger charge is -2.01. The third kappa shape index (κ3) is 1.38. The van der Waals surface area contributed by atoms with Gasteiger partial charge in [-0.3, -0.25) is 0 Å². The van der Waals surface area contributed by atoms with Crippen LogP contribution >= 0.6 is 17.0 Å². The molecule has 2 rings (SSSR count). The summed E-state index contributed by atoms with van der Waals surface area (Å²) in [5, 5.41) is 0. The second-order valence-corrected chi connectivity index (χ2v) is 2.78. The number of hydrogen-bond acceptors (Lipinski definition) is 0. The van der Waals surface area contributed by atoms with Crippen LogP contribution in [-0.2, 0) is 0 Å². The largest absolute Gasteiger partial charge is 0.114 e. The minimum absolute atomic E-state index is 0. The van der Waals surface area contributed by atoms with Gasteiger partial charge < -0.3 is 0 Å². The van der Waals surface area contributed by atoms with Crippen molar-refractivity contribution in [3.63, 3.8) is 0 Å². The van der Waals surface area contributed by atoms with E-state index in [2.05, 4.69) is 43.3 Å². The lowest BCUT2D eigenvalue weighted by Crippen LogP contribution is -1.84. The summed E-state index contributed by atoms with van der Waals surface area (Å²) in [6.45, 7) is 2.22. The second-order valence-electron chi connectivity index (χ2n) is 2.78. The Labute approximate surface area is 77.7 Å². The quantitative estimate of drug-likeness (QED) is 0.616. The van der Waals surface area contributed by atoms with Gasteiger partial charge in [-0.25, -0.2) is 0 Å². The molecule has 0 amide bonds. The first-order valence-corrected chi connectivity index (χ1v) is 3.65. The number of rotatable bonds is 0. The van der Waals surface area contributed by atoms with Crippen molar-refractivity contribution in [2.45, 2.75) is 12.8 Å². The first-order valence-electron chi connectivity index (χ1n) is 3.65. The summed E-state index contributed by atoms with van der Waals surface area (Å²) >= 11 is 0. The highest BCUT2D eigenvalue weighted by Gasteiger charge is 2.09. The molecule has 0 saturated carbocycles. The summed E-state index contributed by atoms with van der Waals surface area (Å²) in [5.41, 5.74) is 2.84. The molecule has 1 unspecified atom stereocenters. The highest BCUT2D eigenvalue weighted by Crippen LogP contribution is 2.28. The van der Waals surface area contributed by atoms with Crippen molar-refractivity contribution in [2.24, 2.45) is 0 Å². The van der Waals surface area contributed by atoms with Crippen LogP contribution in [0.2, 0.25) is 0 Å². The van der Waals surface area contributed by atoms with Crippen molar-refractivity contribution in [1.82, 2.24) is 0 Å². The van der Waals surface area contributed by atoms with Gasteiger partial charge in [0, 0.05) is 0 Å².